The van der Waals surface area contributed by atoms with Crippen LogP contribution in [0.4, 0.5) is 5.82 Å². The maximum absolute atomic E-state index is 12.6. The molecule has 0 unspecified atom stereocenters. The van der Waals surface area contributed by atoms with Crippen LogP contribution in [0.15, 0.2) is 40.9 Å². The second kappa shape index (κ2) is 7.29. The third-order valence-electron chi connectivity index (χ3n) is 3.96. The molecular weight excluding hydrogens is 306 g/mol. The number of benzene rings is 1. The van der Waals surface area contributed by atoms with Crippen molar-refractivity contribution in [2.45, 2.75) is 26.2 Å². The Labute approximate surface area is 140 Å². The Kier molecular flexibility index (Phi) is 4.93. The lowest BCUT2D eigenvalue weighted by molar-refractivity contribution is -0.134. The number of amides is 2. The average molecular weight is 327 g/mol. The first-order valence-electron chi connectivity index (χ1n) is 8.15. The Morgan fingerprint density at radius 3 is 2.67 bits per heavy atom. The third kappa shape index (κ3) is 4.68. The van der Waals surface area contributed by atoms with Crippen LogP contribution in [0.5, 0.6) is 0 Å². The van der Waals surface area contributed by atoms with Crippen LogP contribution in [0.2, 0.25) is 0 Å². The Morgan fingerprint density at radius 2 is 2.04 bits per heavy atom. The van der Waals surface area contributed by atoms with E-state index >= 15 is 0 Å². The molecule has 1 saturated carbocycles. The fraction of sp³-hybridized carbons (Fsp3) is 0.389. The summed E-state index contributed by atoms with van der Waals surface area (Å²) >= 11 is 0. The molecule has 1 aliphatic rings. The fourth-order valence-corrected chi connectivity index (χ4v) is 2.53. The number of carbonyl (C=O) groups excluding carboxylic acids is 2. The number of nitrogens with one attached hydrogen (secondary N) is 1. The predicted octanol–water partition coefficient (Wildman–Crippen LogP) is 2.40. The monoisotopic (exact) mass is 327 g/mol. The Bertz CT molecular complexity index is 707. The number of hydrogen-bond donors (Lipinski definition) is 1. The molecule has 1 aromatic carbocycles. The molecule has 0 bridgehead atoms. The van der Waals surface area contributed by atoms with Crippen molar-refractivity contribution in [2.75, 3.05) is 18.4 Å². The highest BCUT2D eigenvalue weighted by Crippen LogP contribution is 2.29. The van der Waals surface area contributed by atoms with E-state index in [1.807, 2.05) is 30.3 Å². The second-order valence-electron chi connectivity index (χ2n) is 6.25. The molecule has 0 aliphatic heterocycles. The second-order valence-corrected chi connectivity index (χ2v) is 6.25. The Hall–Kier alpha value is -2.63. The van der Waals surface area contributed by atoms with E-state index in [2.05, 4.69) is 10.5 Å². The lowest BCUT2D eigenvalue weighted by Gasteiger charge is -2.22. The van der Waals surface area contributed by atoms with Crippen LogP contribution in [0.1, 0.15) is 24.2 Å². The van der Waals surface area contributed by atoms with Crippen molar-refractivity contribution in [3.8, 4) is 0 Å². The smallest absolute Gasteiger partial charge is 0.245 e. The van der Waals surface area contributed by atoms with E-state index in [9.17, 15) is 9.59 Å². The molecular formula is C18H21N3O3. The highest BCUT2D eigenvalue weighted by atomic mass is 16.5. The number of aryl methyl sites for hydroxylation is 1. The summed E-state index contributed by atoms with van der Waals surface area (Å²) in [7, 11) is 0. The summed E-state index contributed by atoms with van der Waals surface area (Å²) in [6.07, 6.45) is 2.56. The minimum absolute atomic E-state index is 0.0282. The zero-order chi connectivity index (χ0) is 16.9. The van der Waals surface area contributed by atoms with Crippen LogP contribution < -0.4 is 5.32 Å². The van der Waals surface area contributed by atoms with Gasteiger partial charge in [0.15, 0.2) is 5.82 Å². The van der Waals surface area contributed by atoms with Gasteiger partial charge in [-0.15, -0.1) is 0 Å². The number of aromatic nitrogens is 1. The van der Waals surface area contributed by atoms with Gasteiger partial charge < -0.3 is 14.7 Å². The zero-order valence-electron chi connectivity index (χ0n) is 13.7. The van der Waals surface area contributed by atoms with Gasteiger partial charge in [0.1, 0.15) is 5.76 Å². The molecule has 1 fully saturated rings. The van der Waals surface area contributed by atoms with Crippen LogP contribution in [-0.4, -0.2) is 35.0 Å². The van der Waals surface area contributed by atoms with Crippen molar-refractivity contribution in [1.29, 1.82) is 0 Å². The quantitative estimate of drug-likeness (QED) is 0.847. The van der Waals surface area contributed by atoms with E-state index in [0.717, 1.165) is 18.4 Å². The molecule has 1 aromatic heterocycles. The van der Waals surface area contributed by atoms with Crippen LogP contribution in [-0.2, 0) is 16.0 Å². The molecule has 2 aromatic rings. The first-order valence-corrected chi connectivity index (χ1v) is 8.15. The maximum atomic E-state index is 12.6. The number of anilines is 1. The van der Waals surface area contributed by atoms with Gasteiger partial charge in [0.05, 0.1) is 13.0 Å². The third-order valence-corrected chi connectivity index (χ3v) is 3.96. The van der Waals surface area contributed by atoms with Crippen molar-refractivity contribution in [2.24, 2.45) is 5.92 Å². The molecule has 0 radical (unpaired) electrons. The maximum Gasteiger partial charge on any atom is 0.245 e. The first kappa shape index (κ1) is 16.2. The van der Waals surface area contributed by atoms with E-state index in [4.69, 9.17) is 4.52 Å². The molecule has 1 heterocycles. The largest absolute Gasteiger partial charge is 0.360 e. The van der Waals surface area contributed by atoms with Crippen LogP contribution in [0.3, 0.4) is 0 Å². The normalized spacial score (nSPS) is 13.5. The van der Waals surface area contributed by atoms with Crippen LogP contribution >= 0.6 is 0 Å². The Morgan fingerprint density at radius 1 is 1.29 bits per heavy atom. The van der Waals surface area contributed by atoms with Gasteiger partial charge in [-0.1, -0.05) is 35.5 Å². The summed E-state index contributed by atoms with van der Waals surface area (Å²) in [6.45, 7) is 2.43. The molecule has 0 spiro atoms. The minimum atomic E-state index is -0.259. The number of nitrogens with zero attached hydrogens (tertiary/aromatic N) is 2. The standard InChI is InChI=1S/C18H21N3O3/c1-13-9-16(20-24-13)19-17(22)12-21(11-15-7-8-15)18(23)10-14-5-3-2-4-6-14/h2-6,9,15H,7-8,10-12H2,1H3,(H,19,20,22). The molecule has 0 atom stereocenters. The van der Waals surface area contributed by atoms with E-state index in [1.165, 1.54) is 0 Å². The fourth-order valence-electron chi connectivity index (χ4n) is 2.53. The lowest BCUT2D eigenvalue weighted by Crippen LogP contribution is -2.40. The molecule has 24 heavy (non-hydrogen) atoms. The van der Waals surface area contributed by atoms with E-state index in [1.54, 1.807) is 17.9 Å². The number of rotatable bonds is 7. The molecule has 3 rings (SSSR count). The van der Waals surface area contributed by atoms with Gasteiger partial charge in [0.25, 0.3) is 0 Å². The van der Waals surface area contributed by atoms with Crippen LogP contribution in [0.25, 0.3) is 0 Å². The van der Waals surface area contributed by atoms with Gasteiger partial charge in [-0.2, -0.15) is 0 Å². The zero-order valence-corrected chi connectivity index (χ0v) is 13.7. The summed E-state index contributed by atoms with van der Waals surface area (Å²) in [5.41, 5.74) is 0.954. The summed E-state index contributed by atoms with van der Waals surface area (Å²) in [6, 6.07) is 11.2. The van der Waals surface area contributed by atoms with Gasteiger partial charge in [0.2, 0.25) is 11.8 Å². The van der Waals surface area contributed by atoms with E-state index in [0.29, 0.717) is 30.5 Å². The molecule has 6 nitrogen and oxygen atoms in total. The molecule has 2 amide bonds. The van der Waals surface area contributed by atoms with Crippen molar-refractivity contribution < 1.29 is 14.1 Å². The minimum Gasteiger partial charge on any atom is -0.360 e. The predicted molar refractivity (Wildman–Crippen MR) is 89.3 cm³/mol. The summed E-state index contributed by atoms with van der Waals surface area (Å²) < 4.78 is 4.93. The van der Waals surface area contributed by atoms with Gasteiger partial charge in [-0.25, -0.2) is 0 Å². The van der Waals surface area contributed by atoms with Crippen LogP contribution in [0, 0.1) is 12.8 Å². The molecule has 126 valence electrons. The molecule has 1 aliphatic carbocycles. The van der Waals surface area contributed by atoms with Gasteiger partial charge in [0, 0.05) is 12.6 Å². The number of hydrogen-bond acceptors (Lipinski definition) is 4. The molecule has 6 heteroatoms. The highest BCUT2D eigenvalue weighted by Gasteiger charge is 2.28. The van der Waals surface area contributed by atoms with Crippen molar-refractivity contribution >= 4 is 17.6 Å². The summed E-state index contributed by atoms with van der Waals surface area (Å²) in [5, 5.41) is 6.41. The lowest BCUT2D eigenvalue weighted by atomic mass is 10.1. The SMILES string of the molecule is Cc1cc(NC(=O)CN(CC2CC2)C(=O)Cc2ccccc2)no1. The van der Waals surface area contributed by atoms with E-state index < -0.39 is 0 Å². The van der Waals surface area contributed by atoms with Crippen molar-refractivity contribution in [1.82, 2.24) is 10.1 Å². The van der Waals surface area contributed by atoms with E-state index in [-0.39, 0.29) is 18.4 Å². The summed E-state index contributed by atoms with van der Waals surface area (Å²) in [4.78, 5) is 26.4. The molecule has 0 saturated heterocycles. The summed E-state index contributed by atoms with van der Waals surface area (Å²) in [5.74, 6) is 1.23. The average Bonchev–Trinajstić information content (AvgIpc) is 3.28. The van der Waals surface area contributed by atoms with Gasteiger partial charge >= 0.3 is 0 Å². The van der Waals surface area contributed by atoms with Gasteiger partial charge in [-0.3, -0.25) is 9.59 Å². The first-order chi connectivity index (χ1) is 11.6. The van der Waals surface area contributed by atoms with Crippen molar-refractivity contribution in [3.63, 3.8) is 0 Å². The van der Waals surface area contributed by atoms with Crippen molar-refractivity contribution in [3.05, 3.63) is 47.7 Å². The topological polar surface area (TPSA) is 75.4 Å². The number of carbonyl (C=O) groups is 2. The molecule has 1 N–H and O–H groups in total. The Balaban J connectivity index is 1.60. The highest BCUT2D eigenvalue weighted by molar-refractivity contribution is 5.94. The van der Waals surface area contributed by atoms with Gasteiger partial charge in [-0.05, 0) is 31.2 Å².